The first-order valence-electron chi connectivity index (χ1n) is 9.13. The van der Waals surface area contributed by atoms with Gasteiger partial charge in [-0.05, 0) is 69.9 Å². The van der Waals surface area contributed by atoms with Gasteiger partial charge in [-0.15, -0.1) is 0 Å². The average Bonchev–Trinajstić information content (AvgIpc) is 3.07. The molecule has 3 aliphatic rings. The molecule has 3 rings (SSSR count). The summed E-state index contributed by atoms with van der Waals surface area (Å²) in [6, 6.07) is 2.43. The van der Waals surface area contributed by atoms with Gasteiger partial charge in [0.05, 0.1) is 0 Å². The van der Waals surface area contributed by atoms with Crippen molar-refractivity contribution in [3.05, 3.63) is 0 Å². The van der Waals surface area contributed by atoms with Crippen LogP contribution < -0.4 is 5.32 Å². The van der Waals surface area contributed by atoms with E-state index in [1.165, 1.54) is 57.9 Å². The van der Waals surface area contributed by atoms with E-state index in [9.17, 15) is 0 Å². The van der Waals surface area contributed by atoms with Gasteiger partial charge in [0, 0.05) is 18.1 Å². The molecule has 2 heteroatoms. The van der Waals surface area contributed by atoms with E-state index < -0.39 is 0 Å². The van der Waals surface area contributed by atoms with Gasteiger partial charge in [0.25, 0.3) is 0 Å². The second-order valence-electron chi connectivity index (χ2n) is 7.93. The van der Waals surface area contributed by atoms with Crippen LogP contribution in [-0.4, -0.2) is 36.6 Å². The fourth-order valence-electron chi connectivity index (χ4n) is 5.72. The van der Waals surface area contributed by atoms with Crippen LogP contribution in [0.2, 0.25) is 0 Å². The monoisotopic (exact) mass is 278 g/mol. The van der Waals surface area contributed by atoms with Crippen molar-refractivity contribution in [2.75, 3.05) is 13.6 Å². The summed E-state index contributed by atoms with van der Waals surface area (Å²) >= 11 is 0. The van der Waals surface area contributed by atoms with Crippen molar-refractivity contribution in [2.45, 2.75) is 83.3 Å². The lowest BCUT2D eigenvalue weighted by molar-refractivity contribution is 0.0373. The van der Waals surface area contributed by atoms with Crippen LogP contribution in [0.15, 0.2) is 0 Å². The van der Waals surface area contributed by atoms with Crippen LogP contribution in [0.5, 0.6) is 0 Å². The first-order valence-corrected chi connectivity index (χ1v) is 9.13. The van der Waals surface area contributed by atoms with E-state index in [-0.39, 0.29) is 0 Å². The third-order valence-electron chi connectivity index (χ3n) is 6.47. The lowest BCUT2D eigenvalue weighted by Crippen LogP contribution is -2.58. The van der Waals surface area contributed by atoms with E-state index in [1.54, 1.807) is 0 Å². The minimum absolute atomic E-state index is 0.718. The van der Waals surface area contributed by atoms with Crippen LogP contribution in [0.3, 0.4) is 0 Å². The molecule has 0 amide bonds. The zero-order chi connectivity index (χ0) is 14.1. The Labute approximate surface area is 125 Å². The van der Waals surface area contributed by atoms with E-state index in [1.807, 2.05) is 0 Å². The topological polar surface area (TPSA) is 15.3 Å². The highest BCUT2D eigenvalue weighted by atomic mass is 15.2. The standard InChI is InChI=1S/C18H34N2/c1-13-11-14(2)18(16(12-13)19-3)20-10-6-9-17(20)15-7-4-5-8-15/h13-19H,4-12H2,1-3H3. The molecular weight excluding hydrogens is 244 g/mol. The Morgan fingerprint density at radius 2 is 1.70 bits per heavy atom. The molecule has 0 aromatic rings. The van der Waals surface area contributed by atoms with Crippen molar-refractivity contribution in [3.63, 3.8) is 0 Å². The Balaban J connectivity index is 1.74. The second kappa shape index (κ2) is 6.36. The van der Waals surface area contributed by atoms with Gasteiger partial charge in [-0.1, -0.05) is 26.7 Å². The quantitative estimate of drug-likeness (QED) is 0.847. The summed E-state index contributed by atoms with van der Waals surface area (Å²) in [6.07, 6.45) is 11.7. The number of rotatable bonds is 3. The molecular formula is C18H34N2. The summed E-state index contributed by atoms with van der Waals surface area (Å²) in [5.41, 5.74) is 0. The van der Waals surface area contributed by atoms with E-state index in [0.717, 1.165) is 35.9 Å². The Hall–Kier alpha value is -0.0800. The highest BCUT2D eigenvalue weighted by Crippen LogP contribution is 2.41. The van der Waals surface area contributed by atoms with Gasteiger partial charge in [0.1, 0.15) is 0 Å². The Morgan fingerprint density at radius 1 is 0.950 bits per heavy atom. The molecule has 0 bridgehead atoms. The van der Waals surface area contributed by atoms with E-state index in [0.29, 0.717) is 0 Å². The molecule has 1 aliphatic heterocycles. The lowest BCUT2D eigenvalue weighted by atomic mass is 9.75. The van der Waals surface area contributed by atoms with Gasteiger partial charge in [0.2, 0.25) is 0 Å². The van der Waals surface area contributed by atoms with Crippen molar-refractivity contribution in [3.8, 4) is 0 Å². The van der Waals surface area contributed by atoms with Crippen molar-refractivity contribution in [1.29, 1.82) is 0 Å². The lowest BCUT2D eigenvalue weighted by Gasteiger charge is -2.47. The van der Waals surface area contributed by atoms with Gasteiger partial charge < -0.3 is 5.32 Å². The van der Waals surface area contributed by atoms with E-state index >= 15 is 0 Å². The van der Waals surface area contributed by atoms with Crippen LogP contribution in [-0.2, 0) is 0 Å². The van der Waals surface area contributed by atoms with Crippen LogP contribution in [0.1, 0.15) is 65.2 Å². The van der Waals surface area contributed by atoms with Gasteiger partial charge in [-0.25, -0.2) is 0 Å². The highest BCUT2D eigenvalue weighted by Gasteiger charge is 2.43. The molecule has 2 nitrogen and oxygen atoms in total. The Morgan fingerprint density at radius 3 is 2.40 bits per heavy atom. The average molecular weight is 278 g/mol. The van der Waals surface area contributed by atoms with Crippen LogP contribution in [0, 0.1) is 17.8 Å². The maximum absolute atomic E-state index is 3.66. The molecule has 0 aromatic heterocycles. The van der Waals surface area contributed by atoms with E-state index in [4.69, 9.17) is 0 Å². The van der Waals surface area contributed by atoms with Gasteiger partial charge in [-0.2, -0.15) is 0 Å². The van der Waals surface area contributed by atoms with Crippen LogP contribution >= 0.6 is 0 Å². The highest BCUT2D eigenvalue weighted by molar-refractivity contribution is 4.99. The number of nitrogens with zero attached hydrogens (tertiary/aromatic N) is 1. The molecule has 20 heavy (non-hydrogen) atoms. The first-order chi connectivity index (χ1) is 9.70. The predicted octanol–water partition coefficient (Wildman–Crippen LogP) is 3.66. The van der Waals surface area contributed by atoms with E-state index in [2.05, 4.69) is 31.1 Å². The predicted molar refractivity (Wildman–Crippen MR) is 85.9 cm³/mol. The summed E-state index contributed by atoms with van der Waals surface area (Å²) in [6.45, 7) is 6.31. The van der Waals surface area contributed by atoms with Gasteiger partial charge in [-0.3, -0.25) is 4.90 Å². The molecule has 1 heterocycles. The van der Waals surface area contributed by atoms with Crippen molar-refractivity contribution >= 4 is 0 Å². The van der Waals surface area contributed by atoms with Crippen LogP contribution in [0.4, 0.5) is 0 Å². The normalized spacial score (nSPS) is 44.2. The van der Waals surface area contributed by atoms with Crippen molar-refractivity contribution < 1.29 is 0 Å². The zero-order valence-electron chi connectivity index (χ0n) is 13.8. The third-order valence-corrected chi connectivity index (χ3v) is 6.47. The van der Waals surface area contributed by atoms with Crippen LogP contribution in [0.25, 0.3) is 0 Å². The molecule has 3 fully saturated rings. The zero-order valence-corrected chi connectivity index (χ0v) is 13.8. The second-order valence-corrected chi connectivity index (χ2v) is 7.93. The molecule has 116 valence electrons. The maximum atomic E-state index is 3.66. The summed E-state index contributed by atoms with van der Waals surface area (Å²) in [4.78, 5) is 2.95. The molecule has 1 saturated heterocycles. The summed E-state index contributed by atoms with van der Waals surface area (Å²) in [7, 11) is 2.18. The summed E-state index contributed by atoms with van der Waals surface area (Å²) in [5, 5.41) is 3.66. The summed E-state index contributed by atoms with van der Waals surface area (Å²) < 4.78 is 0. The third kappa shape index (κ3) is 2.78. The molecule has 0 aromatic carbocycles. The first kappa shape index (κ1) is 14.8. The Kier molecular flexibility index (Phi) is 4.72. The Bertz CT molecular complexity index is 311. The minimum atomic E-state index is 0.718. The molecule has 5 atom stereocenters. The van der Waals surface area contributed by atoms with Gasteiger partial charge in [0.15, 0.2) is 0 Å². The fourth-order valence-corrected chi connectivity index (χ4v) is 5.72. The largest absolute Gasteiger partial charge is 0.315 e. The minimum Gasteiger partial charge on any atom is -0.315 e. The van der Waals surface area contributed by atoms with Crippen molar-refractivity contribution in [2.24, 2.45) is 17.8 Å². The molecule has 2 saturated carbocycles. The molecule has 1 N–H and O–H groups in total. The number of likely N-dealkylation sites (tertiary alicyclic amines) is 1. The van der Waals surface area contributed by atoms with Gasteiger partial charge >= 0.3 is 0 Å². The fraction of sp³-hybridized carbons (Fsp3) is 1.00. The maximum Gasteiger partial charge on any atom is 0.0278 e. The number of nitrogens with one attached hydrogen (secondary N) is 1. The molecule has 0 radical (unpaired) electrons. The summed E-state index contributed by atoms with van der Waals surface area (Å²) in [5.74, 6) is 2.77. The number of hydrogen-bond donors (Lipinski definition) is 1. The van der Waals surface area contributed by atoms with Crippen molar-refractivity contribution in [1.82, 2.24) is 10.2 Å². The smallest absolute Gasteiger partial charge is 0.0278 e. The number of likely N-dealkylation sites (N-methyl/N-ethyl adjacent to an activating group) is 1. The number of hydrogen-bond acceptors (Lipinski definition) is 2. The molecule has 2 aliphatic carbocycles. The molecule has 5 unspecified atom stereocenters. The SMILES string of the molecule is CNC1CC(C)CC(C)C1N1CCCC1C1CCCC1. The molecule has 0 spiro atoms.